The SMILES string of the molecule is CC(C)CN1CCN(C(=O)NC(C)(C)CC(=O)O)CC1. The molecule has 2 amide bonds. The molecule has 6 heteroatoms. The van der Waals surface area contributed by atoms with Crippen LogP contribution in [-0.4, -0.2) is 65.2 Å². The summed E-state index contributed by atoms with van der Waals surface area (Å²) >= 11 is 0. The third-order valence-corrected chi connectivity index (χ3v) is 3.32. The molecular formula is C14H27N3O3. The monoisotopic (exact) mass is 285 g/mol. The van der Waals surface area contributed by atoms with Gasteiger partial charge in [0.05, 0.1) is 6.42 Å². The van der Waals surface area contributed by atoms with E-state index in [1.807, 2.05) is 0 Å². The van der Waals surface area contributed by atoms with Crippen LogP contribution in [0.3, 0.4) is 0 Å². The first-order valence-corrected chi connectivity index (χ1v) is 7.21. The van der Waals surface area contributed by atoms with Crippen molar-refractivity contribution in [3.63, 3.8) is 0 Å². The van der Waals surface area contributed by atoms with Gasteiger partial charge in [-0.05, 0) is 19.8 Å². The van der Waals surface area contributed by atoms with Crippen LogP contribution in [0.5, 0.6) is 0 Å². The van der Waals surface area contributed by atoms with E-state index in [9.17, 15) is 9.59 Å². The van der Waals surface area contributed by atoms with Crippen LogP contribution >= 0.6 is 0 Å². The summed E-state index contributed by atoms with van der Waals surface area (Å²) in [5.74, 6) is -0.276. The first kappa shape index (κ1) is 16.8. The Morgan fingerprint density at radius 2 is 1.75 bits per heavy atom. The molecule has 0 aromatic heterocycles. The fourth-order valence-corrected chi connectivity index (χ4v) is 2.44. The number of carboxylic acids is 1. The Balaban J connectivity index is 2.41. The summed E-state index contributed by atoms with van der Waals surface area (Å²) in [5, 5.41) is 11.6. The number of hydrogen-bond donors (Lipinski definition) is 2. The predicted octanol–water partition coefficient (Wildman–Crippen LogP) is 1.22. The second-order valence-corrected chi connectivity index (χ2v) is 6.57. The lowest BCUT2D eigenvalue weighted by molar-refractivity contribution is -0.138. The zero-order chi connectivity index (χ0) is 15.3. The minimum Gasteiger partial charge on any atom is -0.481 e. The molecule has 2 N–H and O–H groups in total. The van der Waals surface area contributed by atoms with Crippen LogP contribution < -0.4 is 5.32 Å². The number of carbonyl (C=O) groups is 2. The van der Waals surface area contributed by atoms with Gasteiger partial charge in [0.1, 0.15) is 0 Å². The predicted molar refractivity (Wildman–Crippen MR) is 77.7 cm³/mol. The molecule has 0 aromatic carbocycles. The summed E-state index contributed by atoms with van der Waals surface area (Å²) in [4.78, 5) is 27.0. The molecule has 1 aliphatic rings. The molecule has 1 saturated heterocycles. The number of urea groups is 1. The highest BCUT2D eigenvalue weighted by molar-refractivity contribution is 5.76. The molecule has 1 rings (SSSR count). The molecule has 0 atom stereocenters. The molecule has 6 nitrogen and oxygen atoms in total. The fourth-order valence-electron chi connectivity index (χ4n) is 2.44. The van der Waals surface area contributed by atoms with Crippen molar-refractivity contribution in [1.82, 2.24) is 15.1 Å². The van der Waals surface area contributed by atoms with Crippen LogP contribution in [0, 0.1) is 5.92 Å². The van der Waals surface area contributed by atoms with E-state index in [1.165, 1.54) is 0 Å². The summed E-state index contributed by atoms with van der Waals surface area (Å²) in [6.07, 6.45) is -0.0773. The largest absolute Gasteiger partial charge is 0.481 e. The molecule has 116 valence electrons. The minimum atomic E-state index is -0.906. The smallest absolute Gasteiger partial charge is 0.317 e. The van der Waals surface area contributed by atoms with Gasteiger partial charge in [-0.25, -0.2) is 4.79 Å². The Morgan fingerprint density at radius 1 is 1.20 bits per heavy atom. The van der Waals surface area contributed by atoms with Crippen LogP contribution in [0.4, 0.5) is 4.79 Å². The zero-order valence-corrected chi connectivity index (χ0v) is 13.0. The van der Waals surface area contributed by atoms with Gasteiger partial charge in [-0.1, -0.05) is 13.8 Å². The lowest BCUT2D eigenvalue weighted by atomic mass is 10.0. The lowest BCUT2D eigenvalue weighted by Gasteiger charge is -2.37. The van der Waals surface area contributed by atoms with E-state index in [0.29, 0.717) is 19.0 Å². The first-order chi connectivity index (χ1) is 9.19. The van der Waals surface area contributed by atoms with Crippen LogP contribution in [0.1, 0.15) is 34.1 Å². The number of hydrogen-bond acceptors (Lipinski definition) is 3. The third kappa shape index (κ3) is 5.77. The van der Waals surface area contributed by atoms with Crippen molar-refractivity contribution in [1.29, 1.82) is 0 Å². The number of carboxylic acid groups (broad SMARTS) is 1. The van der Waals surface area contributed by atoms with Crippen molar-refractivity contribution < 1.29 is 14.7 Å². The Kier molecular flexibility index (Phi) is 5.80. The highest BCUT2D eigenvalue weighted by Gasteiger charge is 2.28. The van der Waals surface area contributed by atoms with E-state index < -0.39 is 11.5 Å². The highest BCUT2D eigenvalue weighted by atomic mass is 16.4. The molecule has 0 aromatic rings. The van der Waals surface area contributed by atoms with Gasteiger partial charge in [-0.3, -0.25) is 9.69 Å². The average Bonchev–Trinajstić information content (AvgIpc) is 2.26. The third-order valence-electron chi connectivity index (χ3n) is 3.32. The van der Waals surface area contributed by atoms with Crippen LogP contribution in [-0.2, 0) is 4.79 Å². The number of nitrogens with zero attached hydrogens (tertiary/aromatic N) is 2. The quantitative estimate of drug-likeness (QED) is 0.796. The van der Waals surface area contributed by atoms with E-state index in [1.54, 1.807) is 18.7 Å². The summed E-state index contributed by atoms with van der Waals surface area (Å²) in [7, 11) is 0. The molecule has 1 heterocycles. The molecule has 1 fully saturated rings. The zero-order valence-electron chi connectivity index (χ0n) is 13.0. The normalized spacial score (nSPS) is 17.4. The van der Waals surface area contributed by atoms with Crippen LogP contribution in [0.25, 0.3) is 0 Å². The maximum absolute atomic E-state index is 12.1. The van der Waals surface area contributed by atoms with Gasteiger partial charge in [0, 0.05) is 38.3 Å². The maximum Gasteiger partial charge on any atom is 0.317 e. The van der Waals surface area contributed by atoms with Crippen molar-refractivity contribution in [3.05, 3.63) is 0 Å². The second kappa shape index (κ2) is 6.92. The van der Waals surface area contributed by atoms with E-state index in [0.717, 1.165) is 19.6 Å². The molecule has 0 unspecified atom stereocenters. The fraction of sp³-hybridized carbons (Fsp3) is 0.857. The summed E-state index contributed by atoms with van der Waals surface area (Å²) in [6, 6.07) is -0.166. The van der Waals surface area contributed by atoms with Gasteiger partial charge in [0.25, 0.3) is 0 Å². The standard InChI is InChI=1S/C14H27N3O3/c1-11(2)10-16-5-7-17(8-6-16)13(20)15-14(3,4)9-12(18)19/h11H,5-10H2,1-4H3,(H,15,20)(H,18,19). The minimum absolute atomic E-state index is 0.0773. The molecule has 0 spiro atoms. The molecule has 0 bridgehead atoms. The summed E-state index contributed by atoms with van der Waals surface area (Å²) < 4.78 is 0. The van der Waals surface area contributed by atoms with E-state index in [4.69, 9.17) is 5.11 Å². The summed E-state index contributed by atoms with van der Waals surface area (Å²) in [6.45, 7) is 12.0. The molecule has 0 radical (unpaired) electrons. The van der Waals surface area contributed by atoms with Crippen molar-refractivity contribution >= 4 is 12.0 Å². The number of nitrogens with one attached hydrogen (secondary N) is 1. The Hall–Kier alpha value is -1.30. The topological polar surface area (TPSA) is 72.9 Å². The van der Waals surface area contributed by atoms with Gasteiger partial charge in [-0.2, -0.15) is 0 Å². The van der Waals surface area contributed by atoms with Gasteiger partial charge in [0.2, 0.25) is 0 Å². The molecular weight excluding hydrogens is 258 g/mol. The van der Waals surface area contributed by atoms with Gasteiger partial charge in [0.15, 0.2) is 0 Å². The summed E-state index contributed by atoms with van der Waals surface area (Å²) in [5.41, 5.74) is -0.724. The lowest BCUT2D eigenvalue weighted by Crippen LogP contribution is -2.56. The Labute approximate surface area is 121 Å². The molecule has 0 saturated carbocycles. The average molecular weight is 285 g/mol. The number of rotatable bonds is 5. The number of carbonyl (C=O) groups excluding carboxylic acids is 1. The number of amides is 2. The highest BCUT2D eigenvalue weighted by Crippen LogP contribution is 2.11. The van der Waals surface area contributed by atoms with Crippen molar-refractivity contribution in [2.24, 2.45) is 5.92 Å². The van der Waals surface area contributed by atoms with E-state index >= 15 is 0 Å². The molecule has 1 aliphatic heterocycles. The van der Waals surface area contributed by atoms with Gasteiger partial charge < -0.3 is 15.3 Å². The van der Waals surface area contributed by atoms with Crippen molar-refractivity contribution in [3.8, 4) is 0 Å². The number of piperazine rings is 1. The maximum atomic E-state index is 12.1. The van der Waals surface area contributed by atoms with Crippen molar-refractivity contribution in [2.45, 2.75) is 39.7 Å². The van der Waals surface area contributed by atoms with E-state index in [2.05, 4.69) is 24.1 Å². The van der Waals surface area contributed by atoms with Crippen molar-refractivity contribution in [2.75, 3.05) is 32.7 Å². The number of aliphatic carboxylic acids is 1. The molecule has 20 heavy (non-hydrogen) atoms. The van der Waals surface area contributed by atoms with Crippen LogP contribution in [0.15, 0.2) is 0 Å². The Morgan fingerprint density at radius 3 is 2.20 bits per heavy atom. The first-order valence-electron chi connectivity index (χ1n) is 7.21. The van der Waals surface area contributed by atoms with Gasteiger partial charge in [-0.15, -0.1) is 0 Å². The van der Waals surface area contributed by atoms with Gasteiger partial charge >= 0.3 is 12.0 Å². The van der Waals surface area contributed by atoms with Crippen LogP contribution in [0.2, 0.25) is 0 Å². The second-order valence-electron chi connectivity index (χ2n) is 6.57. The Bertz CT molecular complexity index is 348. The van der Waals surface area contributed by atoms with E-state index in [-0.39, 0.29) is 12.5 Å². The molecule has 0 aliphatic carbocycles.